The Morgan fingerprint density at radius 1 is 1.22 bits per heavy atom. The fourth-order valence-corrected chi connectivity index (χ4v) is 1.10. The van der Waals surface area contributed by atoms with Crippen molar-refractivity contribution in [1.29, 1.82) is 10.5 Å². The van der Waals surface area contributed by atoms with Crippen LogP contribution in [0.2, 0.25) is 0 Å². The zero-order valence-corrected chi connectivity index (χ0v) is 9.41. The summed E-state index contributed by atoms with van der Waals surface area (Å²) in [7, 11) is 1.28. The van der Waals surface area contributed by atoms with E-state index < -0.39 is 11.6 Å². The van der Waals surface area contributed by atoms with E-state index in [1.807, 2.05) is 0 Å². The molecule has 0 N–H and O–H groups in total. The summed E-state index contributed by atoms with van der Waals surface area (Å²) in [5, 5.41) is 17.3. The van der Waals surface area contributed by atoms with Gasteiger partial charge in [-0.1, -0.05) is 0 Å². The molecule has 1 aromatic carbocycles. The number of methoxy groups -OCH3 is 1. The molecule has 0 amide bonds. The van der Waals surface area contributed by atoms with Gasteiger partial charge in [0.15, 0.2) is 23.0 Å². The molecule has 0 aliphatic carbocycles. The van der Waals surface area contributed by atoms with Crippen LogP contribution in [0.4, 0.5) is 8.78 Å². The van der Waals surface area contributed by atoms with E-state index in [-0.39, 0.29) is 23.7 Å². The molecule has 0 aliphatic rings. The smallest absolute Gasteiger partial charge is 0.170 e. The van der Waals surface area contributed by atoms with Crippen LogP contribution in [-0.4, -0.2) is 13.7 Å². The summed E-state index contributed by atoms with van der Waals surface area (Å²) in [6.45, 7) is -0.224. The molecule has 0 radical (unpaired) electrons. The Morgan fingerprint density at radius 3 is 2.39 bits per heavy atom. The van der Waals surface area contributed by atoms with Crippen molar-refractivity contribution in [2.75, 3.05) is 13.7 Å². The van der Waals surface area contributed by atoms with Gasteiger partial charge in [-0.15, -0.1) is 0 Å². The Balaban J connectivity index is 2.82. The first-order valence-electron chi connectivity index (χ1n) is 4.77. The van der Waals surface area contributed by atoms with E-state index in [0.717, 1.165) is 12.1 Å². The molecule has 0 heterocycles. The number of rotatable bonds is 4. The second-order valence-electron chi connectivity index (χ2n) is 3.09. The molecule has 0 saturated heterocycles. The van der Waals surface area contributed by atoms with Crippen molar-refractivity contribution in [3.05, 3.63) is 41.2 Å². The van der Waals surface area contributed by atoms with Gasteiger partial charge in [0.1, 0.15) is 24.5 Å². The van der Waals surface area contributed by atoms with Crippen molar-refractivity contribution >= 4 is 0 Å². The predicted molar refractivity (Wildman–Crippen MR) is 57.1 cm³/mol. The summed E-state index contributed by atoms with van der Waals surface area (Å²) in [5.74, 6) is -1.95. The Kier molecular flexibility index (Phi) is 4.65. The molecule has 0 unspecified atom stereocenters. The van der Waals surface area contributed by atoms with E-state index in [9.17, 15) is 8.78 Å². The summed E-state index contributed by atoms with van der Waals surface area (Å²) in [4.78, 5) is 0. The van der Waals surface area contributed by atoms with Crippen LogP contribution in [0.5, 0.6) is 5.75 Å². The highest BCUT2D eigenvalue weighted by Crippen LogP contribution is 2.16. The Hall–Kier alpha value is -2.60. The van der Waals surface area contributed by atoms with E-state index in [2.05, 4.69) is 0 Å². The molecular formula is C12H8F2N2O2. The first-order valence-corrected chi connectivity index (χ1v) is 4.77. The zero-order valence-electron chi connectivity index (χ0n) is 9.41. The third-order valence-electron chi connectivity index (χ3n) is 2.01. The van der Waals surface area contributed by atoms with E-state index in [0.29, 0.717) is 0 Å². The molecule has 0 atom stereocenters. The molecule has 0 aromatic heterocycles. The van der Waals surface area contributed by atoms with Gasteiger partial charge in [0.2, 0.25) is 0 Å². The van der Waals surface area contributed by atoms with Gasteiger partial charge in [0, 0.05) is 6.07 Å². The highest BCUT2D eigenvalue weighted by Gasteiger charge is 2.09. The zero-order chi connectivity index (χ0) is 13.5. The number of halogens is 2. The fourth-order valence-electron chi connectivity index (χ4n) is 1.10. The van der Waals surface area contributed by atoms with Crippen LogP contribution >= 0.6 is 0 Å². The normalized spacial score (nSPS) is 8.94. The number of ether oxygens (including phenoxy) is 2. The first kappa shape index (κ1) is 13.5. The molecule has 0 saturated carbocycles. The van der Waals surface area contributed by atoms with Crippen LogP contribution < -0.4 is 4.74 Å². The summed E-state index contributed by atoms with van der Waals surface area (Å²) in [6, 6.07) is 6.28. The van der Waals surface area contributed by atoms with Crippen molar-refractivity contribution < 1.29 is 18.3 Å². The maximum Gasteiger partial charge on any atom is 0.170 e. The predicted octanol–water partition coefficient (Wildman–Crippen LogP) is 2.29. The standard InChI is InChI=1S/C12H8F2N2O2/c1-17-12(8(5-15)6-16)7-18-9-2-3-10(13)11(14)4-9/h2-4H,7H2,1H3. The molecule has 18 heavy (non-hydrogen) atoms. The maximum absolute atomic E-state index is 12.9. The molecule has 4 nitrogen and oxygen atoms in total. The van der Waals surface area contributed by atoms with Crippen LogP contribution in [-0.2, 0) is 4.74 Å². The lowest BCUT2D eigenvalue weighted by Crippen LogP contribution is -2.06. The monoisotopic (exact) mass is 250 g/mol. The number of allylic oxidation sites excluding steroid dienone is 1. The minimum absolute atomic E-state index is 0.0183. The highest BCUT2D eigenvalue weighted by atomic mass is 19.2. The summed E-state index contributed by atoms with van der Waals surface area (Å²) in [6.07, 6.45) is 0. The first-order chi connectivity index (χ1) is 8.62. The van der Waals surface area contributed by atoms with Gasteiger partial charge in [-0.3, -0.25) is 0 Å². The SMILES string of the molecule is COC(COc1ccc(F)c(F)c1)=C(C#N)C#N. The van der Waals surface area contributed by atoms with Gasteiger partial charge in [0.25, 0.3) is 0 Å². The Labute approximate surface area is 102 Å². The topological polar surface area (TPSA) is 66.0 Å². The van der Waals surface area contributed by atoms with Crippen LogP contribution in [0, 0.1) is 34.3 Å². The van der Waals surface area contributed by atoms with Gasteiger partial charge in [0.05, 0.1) is 7.11 Å². The number of nitrogens with zero attached hydrogens (tertiary/aromatic N) is 2. The van der Waals surface area contributed by atoms with E-state index in [4.69, 9.17) is 20.0 Å². The van der Waals surface area contributed by atoms with Gasteiger partial charge in [-0.25, -0.2) is 8.78 Å². The van der Waals surface area contributed by atoms with Crippen LogP contribution in [0.15, 0.2) is 29.5 Å². The van der Waals surface area contributed by atoms with Crippen molar-refractivity contribution in [3.63, 3.8) is 0 Å². The summed E-state index contributed by atoms with van der Waals surface area (Å²) in [5.41, 5.74) is -0.236. The minimum atomic E-state index is -1.05. The van der Waals surface area contributed by atoms with Crippen LogP contribution in [0.1, 0.15) is 0 Å². The highest BCUT2D eigenvalue weighted by molar-refractivity contribution is 5.38. The molecule has 0 aliphatic heterocycles. The minimum Gasteiger partial charge on any atom is -0.495 e. The van der Waals surface area contributed by atoms with Crippen molar-refractivity contribution in [2.24, 2.45) is 0 Å². The quantitative estimate of drug-likeness (QED) is 0.607. The van der Waals surface area contributed by atoms with Gasteiger partial charge >= 0.3 is 0 Å². The molecule has 1 aromatic rings. The van der Waals surface area contributed by atoms with Crippen LogP contribution in [0.3, 0.4) is 0 Å². The van der Waals surface area contributed by atoms with Gasteiger partial charge in [-0.2, -0.15) is 10.5 Å². The molecule has 92 valence electrons. The number of hydrogen-bond donors (Lipinski definition) is 0. The maximum atomic E-state index is 12.9. The number of nitriles is 2. The van der Waals surface area contributed by atoms with Gasteiger partial charge < -0.3 is 9.47 Å². The molecule has 0 spiro atoms. The Morgan fingerprint density at radius 2 is 1.89 bits per heavy atom. The van der Waals surface area contributed by atoms with E-state index >= 15 is 0 Å². The number of hydrogen-bond acceptors (Lipinski definition) is 4. The fraction of sp³-hybridized carbons (Fsp3) is 0.167. The Bertz CT molecular complexity index is 540. The second kappa shape index (κ2) is 6.21. The van der Waals surface area contributed by atoms with Crippen molar-refractivity contribution in [3.8, 4) is 17.9 Å². The average molecular weight is 250 g/mol. The molecule has 1 rings (SSSR count). The third-order valence-corrected chi connectivity index (χ3v) is 2.01. The second-order valence-corrected chi connectivity index (χ2v) is 3.09. The van der Waals surface area contributed by atoms with E-state index in [1.165, 1.54) is 13.2 Å². The van der Waals surface area contributed by atoms with E-state index in [1.54, 1.807) is 12.1 Å². The largest absolute Gasteiger partial charge is 0.495 e. The molecule has 0 fully saturated rings. The van der Waals surface area contributed by atoms with Crippen LogP contribution in [0.25, 0.3) is 0 Å². The molecule has 0 bridgehead atoms. The number of benzene rings is 1. The molecular weight excluding hydrogens is 242 g/mol. The summed E-state index contributed by atoms with van der Waals surface area (Å²) >= 11 is 0. The average Bonchev–Trinajstić information content (AvgIpc) is 2.38. The third kappa shape index (κ3) is 3.19. The molecule has 6 heteroatoms. The van der Waals surface area contributed by atoms with Gasteiger partial charge in [-0.05, 0) is 12.1 Å². The summed E-state index contributed by atoms with van der Waals surface area (Å²) < 4.78 is 35.4. The lowest BCUT2D eigenvalue weighted by molar-refractivity contribution is 0.217. The lowest BCUT2D eigenvalue weighted by Gasteiger charge is -2.08. The van der Waals surface area contributed by atoms with Crippen molar-refractivity contribution in [2.45, 2.75) is 0 Å². The lowest BCUT2D eigenvalue weighted by atomic mass is 10.3. The van der Waals surface area contributed by atoms with Crippen molar-refractivity contribution in [1.82, 2.24) is 0 Å².